The van der Waals surface area contributed by atoms with Crippen molar-refractivity contribution < 1.29 is 7.67 Å². The molecule has 0 radical (unpaired) electrons. The van der Waals surface area contributed by atoms with Gasteiger partial charge in [0, 0.05) is 0 Å². The van der Waals surface area contributed by atoms with Gasteiger partial charge in [0.05, 0.1) is 0 Å². The average Bonchev–Trinajstić information content (AvgIpc) is 2.16. The first-order valence-corrected chi connectivity index (χ1v) is 7.91. The molecule has 0 saturated carbocycles. The zero-order valence-electron chi connectivity index (χ0n) is 7.73. The van der Waals surface area contributed by atoms with Gasteiger partial charge in [-0.3, -0.25) is 0 Å². The number of hydrogen-bond acceptors (Lipinski definition) is 2. The summed E-state index contributed by atoms with van der Waals surface area (Å²) in [7, 11) is 0. The molecular weight excluding hydrogens is 231 g/mol. The van der Waals surface area contributed by atoms with E-state index in [1.54, 1.807) is 24.3 Å². The summed E-state index contributed by atoms with van der Waals surface area (Å²) in [6.45, 7) is 2.00. The molecule has 0 atom stereocenters. The molecular formula is C10H14O2Se. The van der Waals surface area contributed by atoms with Crippen LogP contribution in [0.1, 0.15) is 19.8 Å². The zero-order valence-corrected chi connectivity index (χ0v) is 9.45. The maximum absolute atomic E-state index is 11.7. The summed E-state index contributed by atoms with van der Waals surface area (Å²) in [5, 5.41) is 0.330. The molecule has 0 aliphatic carbocycles. The molecule has 0 heterocycles. The van der Waals surface area contributed by atoms with Crippen LogP contribution in [0.5, 0.6) is 0 Å². The van der Waals surface area contributed by atoms with Crippen LogP contribution in [0.15, 0.2) is 30.3 Å². The van der Waals surface area contributed by atoms with Crippen molar-refractivity contribution in [3.8, 4) is 0 Å². The minimum absolute atomic E-state index is 0.330. The molecule has 0 aromatic heterocycles. The Bertz CT molecular complexity index is 340. The van der Waals surface area contributed by atoms with E-state index in [1.165, 1.54) is 0 Å². The number of rotatable bonds is 4. The van der Waals surface area contributed by atoms with Crippen molar-refractivity contribution in [1.82, 2.24) is 0 Å². The van der Waals surface area contributed by atoms with Crippen molar-refractivity contribution in [2.45, 2.75) is 25.1 Å². The van der Waals surface area contributed by atoms with Gasteiger partial charge in [0.1, 0.15) is 0 Å². The topological polar surface area (TPSA) is 34.1 Å². The molecule has 72 valence electrons. The van der Waals surface area contributed by atoms with Crippen molar-refractivity contribution in [3.63, 3.8) is 0 Å². The monoisotopic (exact) mass is 246 g/mol. The Morgan fingerprint density at radius 1 is 1.15 bits per heavy atom. The van der Waals surface area contributed by atoms with Crippen LogP contribution in [0, 0.1) is 0 Å². The van der Waals surface area contributed by atoms with Crippen molar-refractivity contribution in [2.24, 2.45) is 0 Å². The van der Waals surface area contributed by atoms with E-state index >= 15 is 0 Å². The van der Waals surface area contributed by atoms with E-state index in [0.29, 0.717) is 9.78 Å². The van der Waals surface area contributed by atoms with Crippen molar-refractivity contribution in [1.29, 1.82) is 0 Å². The first kappa shape index (κ1) is 10.4. The predicted octanol–water partition coefficient (Wildman–Crippen LogP) is 2.00. The van der Waals surface area contributed by atoms with Crippen LogP contribution in [0.2, 0.25) is 5.32 Å². The first-order chi connectivity index (χ1) is 6.17. The molecule has 0 saturated heterocycles. The fourth-order valence-corrected chi connectivity index (χ4v) is 4.18. The van der Waals surface area contributed by atoms with E-state index < -0.39 is 12.7 Å². The van der Waals surface area contributed by atoms with Crippen LogP contribution >= 0.6 is 0 Å². The van der Waals surface area contributed by atoms with E-state index in [1.807, 2.05) is 13.0 Å². The number of benzene rings is 1. The Kier molecular flexibility index (Phi) is 3.64. The molecule has 0 amide bonds. The molecule has 0 aliphatic rings. The number of hydrogen-bond donors (Lipinski definition) is 0. The molecule has 2 nitrogen and oxygen atoms in total. The third-order valence-electron chi connectivity index (χ3n) is 1.87. The van der Waals surface area contributed by atoms with Crippen LogP contribution in [-0.4, -0.2) is 12.7 Å². The third-order valence-corrected chi connectivity index (χ3v) is 5.68. The van der Waals surface area contributed by atoms with Gasteiger partial charge in [-0.25, -0.2) is 0 Å². The second-order valence-corrected chi connectivity index (χ2v) is 7.41. The van der Waals surface area contributed by atoms with E-state index in [2.05, 4.69) is 0 Å². The molecule has 0 N–H and O–H groups in total. The van der Waals surface area contributed by atoms with Gasteiger partial charge in [0.2, 0.25) is 0 Å². The standard InChI is InChI=1S/C10H14O2Se/c1-2-3-9-13(11,12)10-7-5-4-6-8-10/h4-8H,2-3,9H2,1H3. The Hall–Kier alpha value is -0.661. The molecule has 3 heteroatoms. The molecule has 1 aromatic carbocycles. The Balaban J connectivity index is 2.83. The van der Waals surface area contributed by atoms with Gasteiger partial charge >= 0.3 is 80.3 Å². The summed E-state index contributed by atoms with van der Waals surface area (Å²) in [5.41, 5.74) is 0. The van der Waals surface area contributed by atoms with Crippen molar-refractivity contribution in [3.05, 3.63) is 30.3 Å². The molecule has 1 aromatic rings. The maximum atomic E-state index is 11.7. The molecule has 1 rings (SSSR count). The quantitative estimate of drug-likeness (QED) is 0.760. The normalized spacial score (nSPS) is 11.5. The second-order valence-electron chi connectivity index (χ2n) is 2.99. The first-order valence-electron chi connectivity index (χ1n) is 4.44. The van der Waals surface area contributed by atoms with Crippen molar-refractivity contribution in [2.75, 3.05) is 0 Å². The van der Waals surface area contributed by atoms with E-state index in [9.17, 15) is 7.67 Å². The second kappa shape index (κ2) is 4.54. The van der Waals surface area contributed by atoms with Crippen LogP contribution in [-0.2, 0) is 7.67 Å². The molecule has 0 bridgehead atoms. The van der Waals surface area contributed by atoms with E-state index in [-0.39, 0.29) is 0 Å². The fourth-order valence-electron chi connectivity index (χ4n) is 1.08. The van der Waals surface area contributed by atoms with Gasteiger partial charge in [0.15, 0.2) is 0 Å². The Morgan fingerprint density at radius 3 is 2.31 bits per heavy atom. The van der Waals surface area contributed by atoms with Crippen LogP contribution < -0.4 is 4.46 Å². The Morgan fingerprint density at radius 2 is 1.77 bits per heavy atom. The molecule has 0 unspecified atom stereocenters. The van der Waals surface area contributed by atoms with Crippen LogP contribution in [0.25, 0.3) is 0 Å². The molecule has 0 fully saturated rings. The van der Waals surface area contributed by atoms with Gasteiger partial charge in [-0.1, -0.05) is 0 Å². The van der Waals surface area contributed by atoms with Gasteiger partial charge in [0.25, 0.3) is 0 Å². The molecule has 0 aliphatic heterocycles. The third kappa shape index (κ3) is 2.94. The van der Waals surface area contributed by atoms with Crippen LogP contribution in [0.3, 0.4) is 0 Å². The summed E-state index contributed by atoms with van der Waals surface area (Å²) < 4.78 is 23.8. The van der Waals surface area contributed by atoms with Gasteiger partial charge in [-0.15, -0.1) is 0 Å². The molecule has 0 spiro atoms. The Labute approximate surface area is 80.6 Å². The average molecular weight is 245 g/mol. The minimum atomic E-state index is -3.78. The van der Waals surface area contributed by atoms with Gasteiger partial charge < -0.3 is 0 Å². The number of unbranched alkanes of at least 4 members (excludes halogenated alkanes) is 1. The van der Waals surface area contributed by atoms with Crippen molar-refractivity contribution >= 4 is 17.2 Å². The van der Waals surface area contributed by atoms with Crippen LogP contribution in [0.4, 0.5) is 0 Å². The van der Waals surface area contributed by atoms with Gasteiger partial charge in [-0.2, -0.15) is 0 Å². The zero-order chi connectivity index (χ0) is 9.73. The van der Waals surface area contributed by atoms with Gasteiger partial charge in [-0.05, 0) is 0 Å². The summed E-state index contributed by atoms with van der Waals surface area (Å²) in [5.74, 6) is 0. The predicted molar refractivity (Wildman–Crippen MR) is 52.9 cm³/mol. The SMILES string of the molecule is CCCC[Se](=O)(=O)c1ccccc1. The van der Waals surface area contributed by atoms with E-state index in [0.717, 1.165) is 12.8 Å². The summed E-state index contributed by atoms with van der Waals surface area (Å²) >= 11 is -3.78. The summed E-state index contributed by atoms with van der Waals surface area (Å²) in [4.78, 5) is 0. The van der Waals surface area contributed by atoms with E-state index in [4.69, 9.17) is 0 Å². The summed E-state index contributed by atoms with van der Waals surface area (Å²) in [6.07, 6.45) is 1.69. The molecule has 13 heavy (non-hydrogen) atoms. The fraction of sp³-hybridized carbons (Fsp3) is 0.400. The summed E-state index contributed by atoms with van der Waals surface area (Å²) in [6, 6.07) is 8.72.